The SMILES string of the molecule is Cc1cc(C)c2nc(N3C(=O)C(=O)/C(=C(/O)c4ccc(Cl)cc4)[C@@H]3c3cccc([N+](=O)[O-])c3)sc2c1. The summed E-state index contributed by atoms with van der Waals surface area (Å²) < 4.78 is 0.833. The first-order chi connectivity index (χ1) is 17.2. The highest BCUT2D eigenvalue weighted by Crippen LogP contribution is 2.45. The summed E-state index contributed by atoms with van der Waals surface area (Å²) in [5.41, 5.74) is 2.82. The second-order valence-electron chi connectivity index (χ2n) is 8.45. The molecule has 1 N–H and O–H groups in total. The Balaban J connectivity index is 1.76. The second kappa shape index (κ2) is 8.85. The number of hydrogen-bond acceptors (Lipinski definition) is 7. The molecular formula is C26H18ClN3O5S. The van der Waals surface area contributed by atoms with Crippen molar-refractivity contribution in [3.05, 3.63) is 104 Å². The molecule has 1 atom stereocenters. The number of nitro benzene ring substituents is 1. The lowest BCUT2D eigenvalue weighted by molar-refractivity contribution is -0.384. The lowest BCUT2D eigenvalue weighted by Gasteiger charge is -2.22. The van der Waals surface area contributed by atoms with E-state index in [0.29, 0.717) is 16.1 Å². The van der Waals surface area contributed by atoms with Gasteiger partial charge in [-0.15, -0.1) is 0 Å². The number of non-ortho nitro benzene ring substituents is 1. The van der Waals surface area contributed by atoms with Gasteiger partial charge < -0.3 is 5.11 Å². The van der Waals surface area contributed by atoms with Crippen LogP contribution in [0.15, 0.2) is 66.2 Å². The zero-order valence-electron chi connectivity index (χ0n) is 19.1. The van der Waals surface area contributed by atoms with Crippen molar-refractivity contribution < 1.29 is 19.6 Å². The third-order valence-electron chi connectivity index (χ3n) is 5.98. The number of nitro groups is 1. The summed E-state index contributed by atoms with van der Waals surface area (Å²) >= 11 is 7.20. The highest BCUT2D eigenvalue weighted by atomic mass is 35.5. The number of carbonyl (C=O) groups excluding carboxylic acids is 2. The quantitative estimate of drug-likeness (QED) is 0.114. The molecule has 36 heavy (non-hydrogen) atoms. The van der Waals surface area contributed by atoms with E-state index in [9.17, 15) is 24.8 Å². The van der Waals surface area contributed by atoms with Gasteiger partial charge in [-0.2, -0.15) is 0 Å². The van der Waals surface area contributed by atoms with E-state index in [1.54, 1.807) is 18.2 Å². The Morgan fingerprint density at radius 2 is 1.83 bits per heavy atom. The Hall–Kier alpha value is -4.08. The summed E-state index contributed by atoms with van der Waals surface area (Å²) in [6.07, 6.45) is 0. The molecule has 2 heterocycles. The number of nitrogens with zero attached hydrogens (tertiary/aromatic N) is 3. The number of aryl methyl sites for hydroxylation is 2. The summed E-state index contributed by atoms with van der Waals surface area (Å²) in [7, 11) is 0. The van der Waals surface area contributed by atoms with Crippen LogP contribution in [0.4, 0.5) is 10.8 Å². The second-order valence-corrected chi connectivity index (χ2v) is 9.90. The molecule has 0 saturated carbocycles. The number of ketones is 1. The number of aliphatic hydroxyl groups excluding tert-OH is 1. The Kier molecular flexibility index (Phi) is 5.82. The van der Waals surface area contributed by atoms with E-state index in [0.717, 1.165) is 15.8 Å². The monoisotopic (exact) mass is 519 g/mol. The van der Waals surface area contributed by atoms with Crippen molar-refractivity contribution in [3.8, 4) is 0 Å². The number of carbonyl (C=O) groups is 2. The molecule has 1 saturated heterocycles. The van der Waals surface area contributed by atoms with Gasteiger partial charge in [-0.3, -0.25) is 24.6 Å². The van der Waals surface area contributed by atoms with E-state index in [1.807, 2.05) is 26.0 Å². The van der Waals surface area contributed by atoms with Crippen LogP contribution >= 0.6 is 22.9 Å². The molecule has 0 radical (unpaired) electrons. The van der Waals surface area contributed by atoms with Gasteiger partial charge in [-0.05, 0) is 60.9 Å². The zero-order chi connectivity index (χ0) is 25.7. The van der Waals surface area contributed by atoms with Crippen molar-refractivity contribution in [2.75, 3.05) is 4.90 Å². The summed E-state index contributed by atoms with van der Waals surface area (Å²) in [5.74, 6) is -2.20. The number of aliphatic hydroxyl groups is 1. The van der Waals surface area contributed by atoms with Crippen LogP contribution in [0.5, 0.6) is 0 Å². The van der Waals surface area contributed by atoms with E-state index < -0.39 is 28.4 Å². The Morgan fingerprint density at radius 1 is 1.11 bits per heavy atom. The van der Waals surface area contributed by atoms with Gasteiger partial charge in [0.05, 0.1) is 26.8 Å². The van der Waals surface area contributed by atoms with Crippen LogP contribution < -0.4 is 4.90 Å². The minimum atomic E-state index is -1.12. The van der Waals surface area contributed by atoms with Crippen molar-refractivity contribution in [2.24, 2.45) is 0 Å². The Bertz CT molecular complexity index is 1610. The van der Waals surface area contributed by atoms with Crippen LogP contribution in [0.2, 0.25) is 5.02 Å². The predicted octanol–water partition coefficient (Wildman–Crippen LogP) is 6.10. The molecule has 1 aromatic heterocycles. The highest BCUT2D eigenvalue weighted by molar-refractivity contribution is 7.22. The van der Waals surface area contributed by atoms with Gasteiger partial charge in [0.25, 0.3) is 11.5 Å². The molecule has 1 amide bonds. The van der Waals surface area contributed by atoms with Gasteiger partial charge in [0.15, 0.2) is 5.13 Å². The fraction of sp³-hybridized carbons (Fsp3) is 0.115. The molecule has 1 fully saturated rings. The van der Waals surface area contributed by atoms with Gasteiger partial charge in [0.1, 0.15) is 5.76 Å². The number of rotatable bonds is 4. The molecular weight excluding hydrogens is 502 g/mol. The summed E-state index contributed by atoms with van der Waals surface area (Å²) in [5, 5.41) is 23.3. The number of aromatic nitrogens is 1. The minimum Gasteiger partial charge on any atom is -0.507 e. The Labute approximate surface area is 214 Å². The first-order valence-corrected chi connectivity index (χ1v) is 12.0. The largest absolute Gasteiger partial charge is 0.507 e. The minimum absolute atomic E-state index is 0.185. The summed E-state index contributed by atoms with van der Waals surface area (Å²) in [4.78, 5) is 43.5. The number of benzene rings is 3. The van der Waals surface area contributed by atoms with Crippen molar-refractivity contribution in [3.63, 3.8) is 0 Å². The van der Waals surface area contributed by atoms with Gasteiger partial charge in [-0.1, -0.05) is 41.1 Å². The number of fused-ring (bicyclic) bond motifs is 1. The molecule has 1 aliphatic rings. The zero-order valence-corrected chi connectivity index (χ0v) is 20.6. The topological polar surface area (TPSA) is 114 Å². The number of anilines is 1. The van der Waals surface area contributed by atoms with Crippen molar-refractivity contribution in [2.45, 2.75) is 19.9 Å². The number of hydrogen-bond donors (Lipinski definition) is 1. The molecule has 0 aliphatic carbocycles. The normalized spacial score (nSPS) is 17.2. The molecule has 4 aromatic rings. The first kappa shape index (κ1) is 23.7. The molecule has 0 spiro atoms. The third-order valence-corrected chi connectivity index (χ3v) is 7.24. The fourth-order valence-corrected chi connectivity index (χ4v) is 5.67. The van der Waals surface area contributed by atoms with Crippen molar-refractivity contribution in [1.82, 2.24) is 4.98 Å². The maximum atomic E-state index is 13.4. The van der Waals surface area contributed by atoms with Crippen LogP contribution in [-0.2, 0) is 9.59 Å². The maximum absolute atomic E-state index is 13.4. The molecule has 180 valence electrons. The lowest BCUT2D eigenvalue weighted by Crippen LogP contribution is -2.29. The van der Waals surface area contributed by atoms with E-state index in [2.05, 4.69) is 4.98 Å². The molecule has 10 heteroatoms. The van der Waals surface area contributed by atoms with E-state index in [1.165, 1.54) is 46.6 Å². The maximum Gasteiger partial charge on any atom is 0.301 e. The van der Waals surface area contributed by atoms with Crippen molar-refractivity contribution >= 4 is 61.4 Å². The van der Waals surface area contributed by atoms with E-state index in [4.69, 9.17) is 11.6 Å². The van der Waals surface area contributed by atoms with Gasteiger partial charge in [-0.25, -0.2) is 4.98 Å². The number of amides is 1. The molecule has 8 nitrogen and oxygen atoms in total. The summed E-state index contributed by atoms with van der Waals surface area (Å²) in [6.45, 7) is 3.86. The molecule has 5 rings (SSSR count). The van der Waals surface area contributed by atoms with E-state index in [-0.39, 0.29) is 22.0 Å². The highest BCUT2D eigenvalue weighted by Gasteiger charge is 2.48. The van der Waals surface area contributed by atoms with Crippen LogP contribution in [0, 0.1) is 24.0 Å². The molecule has 0 unspecified atom stereocenters. The fourth-order valence-electron chi connectivity index (χ4n) is 4.38. The van der Waals surface area contributed by atoms with Gasteiger partial charge in [0, 0.05) is 22.7 Å². The smallest absolute Gasteiger partial charge is 0.301 e. The lowest BCUT2D eigenvalue weighted by atomic mass is 9.95. The average molecular weight is 520 g/mol. The molecule has 0 bridgehead atoms. The number of thiazole rings is 1. The molecule has 3 aromatic carbocycles. The first-order valence-electron chi connectivity index (χ1n) is 10.8. The van der Waals surface area contributed by atoms with E-state index >= 15 is 0 Å². The summed E-state index contributed by atoms with van der Waals surface area (Å²) in [6, 6.07) is 14.6. The van der Waals surface area contributed by atoms with Crippen LogP contribution in [0.1, 0.15) is 28.3 Å². The van der Waals surface area contributed by atoms with Gasteiger partial charge in [0.2, 0.25) is 0 Å². The predicted molar refractivity (Wildman–Crippen MR) is 138 cm³/mol. The average Bonchev–Trinajstić information content (AvgIpc) is 3.38. The standard InChI is InChI=1S/C26H18ClN3O5S/c1-13-10-14(2)21-19(11-13)36-26(28-21)29-22(16-4-3-5-18(12-16)30(34)35)20(24(32)25(29)33)23(31)15-6-8-17(27)9-7-15/h3-12,22,31H,1-2H3/b23-20+/t22-/m0/s1. The third kappa shape index (κ3) is 3.92. The van der Waals surface area contributed by atoms with Gasteiger partial charge >= 0.3 is 5.91 Å². The molecule has 1 aliphatic heterocycles. The van der Waals surface area contributed by atoms with Crippen LogP contribution in [-0.4, -0.2) is 26.7 Å². The van der Waals surface area contributed by atoms with Crippen molar-refractivity contribution in [1.29, 1.82) is 0 Å². The number of halogens is 1. The van der Waals surface area contributed by atoms with Crippen LogP contribution in [0.25, 0.3) is 16.0 Å². The Morgan fingerprint density at radius 3 is 2.53 bits per heavy atom. The van der Waals surface area contributed by atoms with Crippen LogP contribution in [0.3, 0.4) is 0 Å². The number of Topliss-reactive ketones (excluding diaryl/α,β-unsaturated/α-hetero) is 1.